The molecular weight excluding hydrogens is 552 g/mol. The number of aryl methyl sites for hydroxylation is 1. The smallest absolute Gasteiger partial charge is 0.290 e. The Labute approximate surface area is 255 Å². The number of hydrogen-bond acceptors (Lipinski definition) is 6. The number of amides is 2. The van der Waals surface area contributed by atoms with Gasteiger partial charge in [-0.15, -0.1) is 0 Å². The molecule has 0 bridgehead atoms. The molecule has 6 rings (SSSR count). The Morgan fingerprint density at radius 3 is 2.50 bits per heavy atom. The summed E-state index contributed by atoms with van der Waals surface area (Å²) in [6, 6.07) is 26.8. The molecule has 0 unspecified atom stereocenters. The Kier molecular flexibility index (Phi) is 8.45. The first-order valence-electron chi connectivity index (χ1n) is 15.0. The minimum absolute atomic E-state index is 0.146. The maximum absolute atomic E-state index is 13.3. The van der Waals surface area contributed by atoms with Crippen molar-refractivity contribution in [2.75, 3.05) is 25.0 Å². The zero-order valence-corrected chi connectivity index (χ0v) is 24.6. The molecule has 3 aromatic carbocycles. The van der Waals surface area contributed by atoms with Crippen molar-refractivity contribution >= 4 is 34.1 Å². The average Bonchev–Trinajstić information content (AvgIpc) is 3.48. The third kappa shape index (κ3) is 6.22. The van der Waals surface area contributed by atoms with Gasteiger partial charge in [-0.1, -0.05) is 36.4 Å². The summed E-state index contributed by atoms with van der Waals surface area (Å²) < 4.78 is 1.46. The molecular formula is C35H34N6O3. The van der Waals surface area contributed by atoms with Crippen LogP contribution >= 0.6 is 0 Å². The molecule has 2 amide bonds. The lowest BCUT2D eigenvalue weighted by Crippen LogP contribution is -2.30. The van der Waals surface area contributed by atoms with E-state index in [2.05, 4.69) is 20.7 Å². The van der Waals surface area contributed by atoms with Crippen molar-refractivity contribution in [3.8, 4) is 22.4 Å². The number of aromatic nitrogens is 3. The van der Waals surface area contributed by atoms with E-state index < -0.39 is 0 Å². The van der Waals surface area contributed by atoms with Gasteiger partial charge in [0.1, 0.15) is 5.69 Å². The van der Waals surface area contributed by atoms with Gasteiger partial charge in [-0.3, -0.25) is 19.4 Å². The number of nitrogens with zero attached hydrogens (tertiary/aromatic N) is 4. The number of hydrogen-bond donors (Lipinski definition) is 2. The molecule has 1 aliphatic heterocycles. The Morgan fingerprint density at radius 1 is 0.886 bits per heavy atom. The Hall–Kier alpha value is -5.31. The summed E-state index contributed by atoms with van der Waals surface area (Å²) >= 11 is 0. The van der Waals surface area contributed by atoms with Crippen LogP contribution in [0.25, 0.3) is 33.3 Å². The van der Waals surface area contributed by atoms with E-state index in [-0.39, 0.29) is 17.4 Å². The van der Waals surface area contributed by atoms with Crippen LogP contribution in [-0.4, -0.2) is 51.1 Å². The highest BCUT2D eigenvalue weighted by Gasteiger charge is 2.19. The molecule has 9 nitrogen and oxygen atoms in total. The number of anilines is 2. The quantitative estimate of drug-likeness (QED) is 0.205. The Balaban J connectivity index is 1.22. The molecule has 44 heavy (non-hydrogen) atoms. The standard InChI is InChI=1S/C35H34N6O3/c1-2-41-35(44)32(38-30-15-5-14-29-28(30)13-6-17-36-29)23-31(39-41)26-11-3-9-24(21-26)25-10-4-12-27(22-25)34(43)37-18-8-20-40-19-7-16-33(40)42/h3-6,9-15,17,21-23,38H,2,7-8,16,18-20H2,1H3,(H,37,43). The van der Waals surface area contributed by atoms with Crippen molar-refractivity contribution in [1.82, 2.24) is 25.0 Å². The van der Waals surface area contributed by atoms with Crippen LogP contribution in [0.1, 0.15) is 36.5 Å². The fourth-order valence-electron chi connectivity index (χ4n) is 5.56. The number of likely N-dealkylation sites (tertiary alicyclic amines) is 1. The molecule has 5 aromatic rings. The van der Waals surface area contributed by atoms with Gasteiger partial charge in [0.05, 0.1) is 11.2 Å². The van der Waals surface area contributed by atoms with Crippen molar-refractivity contribution in [1.29, 1.82) is 0 Å². The van der Waals surface area contributed by atoms with Crippen LogP contribution < -0.4 is 16.2 Å². The maximum atomic E-state index is 13.3. The van der Waals surface area contributed by atoms with E-state index in [1.807, 2.05) is 84.6 Å². The monoisotopic (exact) mass is 586 g/mol. The zero-order chi connectivity index (χ0) is 30.5. The van der Waals surface area contributed by atoms with E-state index in [0.29, 0.717) is 43.0 Å². The molecule has 1 fully saturated rings. The lowest BCUT2D eigenvalue weighted by atomic mass is 9.99. The lowest BCUT2D eigenvalue weighted by molar-refractivity contribution is -0.127. The molecule has 0 radical (unpaired) electrons. The van der Waals surface area contributed by atoms with Crippen LogP contribution in [0.5, 0.6) is 0 Å². The highest BCUT2D eigenvalue weighted by Crippen LogP contribution is 2.29. The SMILES string of the molecule is CCn1nc(-c2cccc(-c3cccc(C(=O)NCCCN4CCCC4=O)c3)c2)cc(Nc2cccc3ncccc23)c1=O. The molecule has 2 N–H and O–H groups in total. The lowest BCUT2D eigenvalue weighted by Gasteiger charge is -2.15. The van der Waals surface area contributed by atoms with E-state index >= 15 is 0 Å². The van der Waals surface area contributed by atoms with Gasteiger partial charge in [0.25, 0.3) is 11.5 Å². The maximum Gasteiger partial charge on any atom is 0.290 e. The summed E-state index contributed by atoms with van der Waals surface area (Å²) in [6.45, 7) is 4.30. The molecule has 0 atom stereocenters. The number of nitrogens with one attached hydrogen (secondary N) is 2. The summed E-state index contributed by atoms with van der Waals surface area (Å²) in [5.41, 5.74) is 5.73. The summed E-state index contributed by atoms with van der Waals surface area (Å²) in [6.07, 6.45) is 4.01. The van der Waals surface area contributed by atoms with Crippen LogP contribution in [0.3, 0.4) is 0 Å². The molecule has 0 aliphatic carbocycles. The highest BCUT2D eigenvalue weighted by atomic mass is 16.2. The molecule has 1 saturated heterocycles. The summed E-state index contributed by atoms with van der Waals surface area (Å²) in [4.78, 5) is 44.3. The normalized spacial score (nSPS) is 12.9. The first-order chi connectivity index (χ1) is 21.5. The van der Waals surface area contributed by atoms with Crippen molar-refractivity contribution < 1.29 is 9.59 Å². The summed E-state index contributed by atoms with van der Waals surface area (Å²) in [5.74, 6) is 0.0524. The van der Waals surface area contributed by atoms with E-state index in [1.54, 1.807) is 18.3 Å². The van der Waals surface area contributed by atoms with Crippen LogP contribution in [-0.2, 0) is 11.3 Å². The summed E-state index contributed by atoms with van der Waals surface area (Å²) in [7, 11) is 0. The first-order valence-corrected chi connectivity index (χ1v) is 15.0. The Morgan fingerprint density at radius 2 is 1.68 bits per heavy atom. The van der Waals surface area contributed by atoms with Gasteiger partial charge in [-0.2, -0.15) is 5.10 Å². The third-order valence-corrected chi connectivity index (χ3v) is 7.87. The number of pyridine rings is 1. The van der Waals surface area contributed by atoms with Gasteiger partial charge < -0.3 is 15.5 Å². The molecule has 9 heteroatoms. The fraction of sp³-hybridized carbons (Fsp3) is 0.229. The van der Waals surface area contributed by atoms with Crippen molar-refractivity contribution in [3.05, 3.63) is 107 Å². The molecule has 222 valence electrons. The van der Waals surface area contributed by atoms with Gasteiger partial charge >= 0.3 is 0 Å². The van der Waals surface area contributed by atoms with Crippen LogP contribution in [0, 0.1) is 0 Å². The van der Waals surface area contributed by atoms with Crippen LogP contribution in [0.4, 0.5) is 11.4 Å². The number of rotatable bonds is 10. The number of carbonyl (C=O) groups is 2. The highest BCUT2D eigenvalue weighted by molar-refractivity contribution is 5.95. The second kappa shape index (κ2) is 12.9. The second-order valence-corrected chi connectivity index (χ2v) is 10.8. The number of carbonyl (C=O) groups excluding carboxylic acids is 2. The largest absolute Gasteiger partial charge is 0.352 e. The first kappa shape index (κ1) is 28.8. The van der Waals surface area contributed by atoms with Gasteiger partial charge in [0.2, 0.25) is 5.91 Å². The van der Waals surface area contributed by atoms with Gasteiger partial charge in [-0.05, 0) is 79.4 Å². The molecule has 0 spiro atoms. The van der Waals surface area contributed by atoms with Gasteiger partial charge in [-0.25, -0.2) is 4.68 Å². The minimum atomic E-state index is -0.209. The molecule has 0 saturated carbocycles. The van der Waals surface area contributed by atoms with E-state index in [4.69, 9.17) is 0 Å². The van der Waals surface area contributed by atoms with Crippen molar-refractivity contribution in [3.63, 3.8) is 0 Å². The molecule has 3 heterocycles. The predicted molar refractivity (Wildman–Crippen MR) is 173 cm³/mol. The van der Waals surface area contributed by atoms with Crippen LogP contribution in [0.2, 0.25) is 0 Å². The van der Waals surface area contributed by atoms with E-state index in [9.17, 15) is 14.4 Å². The van der Waals surface area contributed by atoms with E-state index in [1.165, 1.54) is 4.68 Å². The zero-order valence-electron chi connectivity index (χ0n) is 24.6. The van der Waals surface area contributed by atoms with Gasteiger partial charge in [0, 0.05) is 61.0 Å². The topological polar surface area (TPSA) is 109 Å². The Bertz CT molecular complexity index is 1890. The number of benzene rings is 3. The van der Waals surface area contributed by atoms with Crippen molar-refractivity contribution in [2.45, 2.75) is 32.7 Å². The second-order valence-electron chi connectivity index (χ2n) is 10.8. The van der Waals surface area contributed by atoms with Crippen molar-refractivity contribution in [2.24, 2.45) is 0 Å². The molecule has 1 aliphatic rings. The van der Waals surface area contributed by atoms with E-state index in [0.717, 1.165) is 52.7 Å². The predicted octanol–water partition coefficient (Wildman–Crippen LogP) is 5.63. The van der Waals surface area contributed by atoms with Crippen LogP contribution in [0.15, 0.2) is 95.9 Å². The van der Waals surface area contributed by atoms with Gasteiger partial charge in [0.15, 0.2) is 0 Å². The molecule has 2 aromatic heterocycles. The minimum Gasteiger partial charge on any atom is -0.352 e. The average molecular weight is 587 g/mol. The summed E-state index contributed by atoms with van der Waals surface area (Å²) in [5, 5.41) is 11.9. The third-order valence-electron chi connectivity index (χ3n) is 7.87. The fourth-order valence-corrected chi connectivity index (χ4v) is 5.56. The number of fused-ring (bicyclic) bond motifs is 1.